The van der Waals surface area contributed by atoms with Gasteiger partial charge >= 0.3 is 0 Å². The molecule has 0 aromatic heterocycles. The van der Waals surface area contributed by atoms with Gasteiger partial charge in [-0.3, -0.25) is 9.59 Å². The molecule has 15 heavy (non-hydrogen) atoms. The molecule has 2 rings (SSSR count). The van der Waals surface area contributed by atoms with Crippen molar-refractivity contribution in [3.05, 3.63) is 0 Å². The number of carbonyl (C=O) groups excluding carboxylic acids is 2. The Bertz CT molecular complexity index is 259. The van der Waals surface area contributed by atoms with Crippen LogP contribution in [0.5, 0.6) is 0 Å². The minimum absolute atomic E-state index is 0.0268. The van der Waals surface area contributed by atoms with Gasteiger partial charge in [-0.1, -0.05) is 25.7 Å². The number of piperazine rings is 1. The fourth-order valence-electron chi connectivity index (χ4n) is 2.44. The van der Waals surface area contributed by atoms with Gasteiger partial charge in [-0.2, -0.15) is 0 Å². The highest BCUT2D eigenvalue weighted by molar-refractivity contribution is 5.92. The van der Waals surface area contributed by atoms with E-state index in [4.69, 9.17) is 0 Å². The van der Waals surface area contributed by atoms with E-state index < -0.39 is 0 Å². The molecule has 4 heteroatoms. The van der Waals surface area contributed by atoms with Crippen molar-refractivity contribution in [1.82, 2.24) is 10.2 Å². The first-order chi connectivity index (χ1) is 7.25. The molecule has 0 aromatic rings. The second kappa shape index (κ2) is 4.64. The van der Waals surface area contributed by atoms with Crippen LogP contribution in [0, 0.1) is 5.92 Å². The molecule has 84 valence electrons. The second-order valence-corrected chi connectivity index (χ2v) is 4.53. The largest absolute Gasteiger partial charge is 0.345 e. The Morgan fingerprint density at radius 3 is 2.73 bits per heavy atom. The van der Waals surface area contributed by atoms with Crippen molar-refractivity contribution in [2.24, 2.45) is 5.92 Å². The van der Waals surface area contributed by atoms with Crippen LogP contribution in [0.25, 0.3) is 0 Å². The third kappa shape index (κ3) is 2.70. The number of hydrogen-bond acceptors (Lipinski definition) is 2. The molecule has 0 unspecified atom stereocenters. The average Bonchev–Trinajstić information content (AvgIpc) is 2.72. The lowest BCUT2D eigenvalue weighted by Crippen LogP contribution is -2.51. The van der Waals surface area contributed by atoms with E-state index in [-0.39, 0.29) is 24.9 Å². The summed E-state index contributed by atoms with van der Waals surface area (Å²) >= 11 is 0. The number of carbonyl (C=O) groups is 2. The summed E-state index contributed by atoms with van der Waals surface area (Å²) in [6, 6.07) is 0. The molecule has 1 aliphatic carbocycles. The Morgan fingerprint density at radius 2 is 2.00 bits per heavy atom. The summed E-state index contributed by atoms with van der Waals surface area (Å²) in [6.07, 6.45) is 6.33. The predicted octanol–water partition coefficient (Wildman–Crippen LogP) is 0.525. The van der Waals surface area contributed by atoms with Gasteiger partial charge < -0.3 is 10.2 Å². The zero-order chi connectivity index (χ0) is 10.7. The van der Waals surface area contributed by atoms with Crippen LogP contribution < -0.4 is 5.32 Å². The maximum absolute atomic E-state index is 11.5. The molecule has 2 fully saturated rings. The van der Waals surface area contributed by atoms with Gasteiger partial charge in [0.25, 0.3) is 0 Å². The van der Waals surface area contributed by atoms with Crippen LogP contribution in [-0.2, 0) is 9.59 Å². The van der Waals surface area contributed by atoms with Gasteiger partial charge in [0.2, 0.25) is 11.8 Å². The Labute approximate surface area is 90.0 Å². The Hall–Kier alpha value is -1.06. The minimum Gasteiger partial charge on any atom is -0.345 e. The zero-order valence-corrected chi connectivity index (χ0v) is 9.00. The highest BCUT2D eigenvalue weighted by Crippen LogP contribution is 2.27. The molecule has 0 aromatic carbocycles. The first-order valence-electron chi connectivity index (χ1n) is 5.80. The van der Waals surface area contributed by atoms with Crippen molar-refractivity contribution in [2.45, 2.75) is 32.1 Å². The molecule has 1 aliphatic heterocycles. The third-order valence-electron chi connectivity index (χ3n) is 3.41. The van der Waals surface area contributed by atoms with Gasteiger partial charge in [0.05, 0.1) is 13.1 Å². The quantitative estimate of drug-likeness (QED) is 0.738. The van der Waals surface area contributed by atoms with Crippen molar-refractivity contribution in [3.8, 4) is 0 Å². The summed E-state index contributed by atoms with van der Waals surface area (Å²) in [7, 11) is 0. The molecule has 1 saturated carbocycles. The van der Waals surface area contributed by atoms with E-state index in [9.17, 15) is 9.59 Å². The van der Waals surface area contributed by atoms with Crippen molar-refractivity contribution < 1.29 is 9.59 Å². The van der Waals surface area contributed by atoms with Gasteiger partial charge in [0.1, 0.15) is 0 Å². The number of nitrogens with one attached hydrogen (secondary N) is 1. The predicted molar refractivity (Wildman–Crippen MR) is 56.2 cm³/mol. The van der Waals surface area contributed by atoms with Crippen LogP contribution >= 0.6 is 0 Å². The Kier molecular flexibility index (Phi) is 3.23. The van der Waals surface area contributed by atoms with E-state index in [1.54, 1.807) is 4.90 Å². The van der Waals surface area contributed by atoms with Crippen molar-refractivity contribution in [2.75, 3.05) is 19.6 Å². The van der Waals surface area contributed by atoms with Gasteiger partial charge in [-0.25, -0.2) is 0 Å². The highest BCUT2D eigenvalue weighted by Gasteiger charge is 2.24. The second-order valence-electron chi connectivity index (χ2n) is 4.53. The molecule has 2 amide bonds. The molecular formula is C11H18N2O2. The van der Waals surface area contributed by atoms with Gasteiger partial charge in [-0.05, 0) is 12.3 Å². The Balaban J connectivity index is 1.76. The smallest absolute Gasteiger partial charge is 0.242 e. The van der Waals surface area contributed by atoms with Crippen molar-refractivity contribution >= 4 is 11.8 Å². The molecule has 4 nitrogen and oxygen atoms in total. The molecule has 0 bridgehead atoms. The van der Waals surface area contributed by atoms with Crippen LogP contribution in [0.3, 0.4) is 0 Å². The topological polar surface area (TPSA) is 49.4 Å². The minimum atomic E-state index is -0.0268. The molecule has 1 heterocycles. The first-order valence-corrected chi connectivity index (χ1v) is 5.80. The average molecular weight is 210 g/mol. The summed E-state index contributed by atoms with van der Waals surface area (Å²) in [5, 5.41) is 2.56. The van der Waals surface area contributed by atoms with E-state index in [1.165, 1.54) is 25.7 Å². The van der Waals surface area contributed by atoms with Gasteiger partial charge in [-0.15, -0.1) is 0 Å². The fraction of sp³-hybridized carbons (Fsp3) is 0.818. The number of nitrogens with zero attached hydrogens (tertiary/aromatic N) is 1. The number of hydrogen-bond donors (Lipinski definition) is 1. The summed E-state index contributed by atoms with van der Waals surface area (Å²) in [6.45, 7) is 1.20. The lowest BCUT2D eigenvalue weighted by molar-refractivity contribution is -0.140. The molecule has 0 spiro atoms. The van der Waals surface area contributed by atoms with E-state index in [2.05, 4.69) is 5.32 Å². The summed E-state index contributed by atoms with van der Waals surface area (Å²) < 4.78 is 0. The summed E-state index contributed by atoms with van der Waals surface area (Å²) in [4.78, 5) is 24.3. The number of rotatable bonds is 3. The zero-order valence-electron chi connectivity index (χ0n) is 9.00. The maximum Gasteiger partial charge on any atom is 0.242 e. The van der Waals surface area contributed by atoms with Crippen molar-refractivity contribution in [3.63, 3.8) is 0 Å². The normalized spacial score (nSPS) is 23.3. The van der Waals surface area contributed by atoms with Gasteiger partial charge in [0.15, 0.2) is 0 Å². The van der Waals surface area contributed by atoms with E-state index in [0.717, 1.165) is 18.9 Å². The SMILES string of the molecule is O=C1CN(CCC2CCCC2)C(=O)CN1. The molecular weight excluding hydrogens is 192 g/mol. The number of amides is 2. The molecule has 1 N–H and O–H groups in total. The highest BCUT2D eigenvalue weighted by atomic mass is 16.2. The van der Waals surface area contributed by atoms with Gasteiger partial charge in [0, 0.05) is 6.54 Å². The van der Waals surface area contributed by atoms with Crippen LogP contribution in [0.15, 0.2) is 0 Å². The van der Waals surface area contributed by atoms with Crippen LogP contribution in [0.4, 0.5) is 0 Å². The van der Waals surface area contributed by atoms with E-state index in [0.29, 0.717) is 0 Å². The standard InChI is InChI=1S/C11H18N2O2/c14-10-8-13(11(15)7-12-10)6-5-9-3-1-2-4-9/h9H,1-8H2,(H,12,14). The molecule has 0 atom stereocenters. The lowest BCUT2D eigenvalue weighted by Gasteiger charge is -2.27. The fourth-order valence-corrected chi connectivity index (χ4v) is 2.44. The Morgan fingerprint density at radius 1 is 1.27 bits per heavy atom. The van der Waals surface area contributed by atoms with Crippen LogP contribution in [0.1, 0.15) is 32.1 Å². The summed E-state index contributed by atoms with van der Waals surface area (Å²) in [5.41, 5.74) is 0. The van der Waals surface area contributed by atoms with Crippen molar-refractivity contribution in [1.29, 1.82) is 0 Å². The maximum atomic E-state index is 11.5. The monoisotopic (exact) mass is 210 g/mol. The lowest BCUT2D eigenvalue weighted by atomic mass is 10.0. The van der Waals surface area contributed by atoms with E-state index >= 15 is 0 Å². The third-order valence-corrected chi connectivity index (χ3v) is 3.41. The van der Waals surface area contributed by atoms with E-state index in [1.807, 2.05) is 0 Å². The van der Waals surface area contributed by atoms with Crippen LogP contribution in [-0.4, -0.2) is 36.3 Å². The molecule has 2 aliphatic rings. The summed E-state index contributed by atoms with van der Waals surface area (Å²) in [5.74, 6) is 0.816. The first kappa shape index (κ1) is 10.5. The molecule has 1 saturated heterocycles. The van der Waals surface area contributed by atoms with Crippen LogP contribution in [0.2, 0.25) is 0 Å². The molecule has 0 radical (unpaired) electrons.